The molecule has 1 unspecified atom stereocenters. The van der Waals surface area contributed by atoms with Crippen molar-refractivity contribution in [1.29, 1.82) is 0 Å². The van der Waals surface area contributed by atoms with Gasteiger partial charge in [0.15, 0.2) is 17.5 Å². The molecule has 2 aromatic carbocycles. The number of piperidine rings is 1. The lowest BCUT2D eigenvalue weighted by Crippen LogP contribution is -2.43. The number of carbonyl (C=O) groups is 2. The average Bonchev–Trinajstić information content (AvgIpc) is 2.68. The first-order chi connectivity index (χ1) is 12.9. The highest BCUT2D eigenvalue weighted by Crippen LogP contribution is 2.24. The van der Waals surface area contributed by atoms with E-state index < -0.39 is 35.0 Å². The van der Waals surface area contributed by atoms with E-state index in [0.29, 0.717) is 30.0 Å². The molecule has 8 heteroatoms. The normalized spacial score (nSPS) is 16.9. The van der Waals surface area contributed by atoms with Gasteiger partial charge in [-0.25, -0.2) is 13.2 Å². The van der Waals surface area contributed by atoms with Gasteiger partial charge in [0.2, 0.25) is 5.91 Å². The minimum atomic E-state index is -1.64. The van der Waals surface area contributed by atoms with Crippen molar-refractivity contribution < 1.29 is 22.8 Å². The summed E-state index contributed by atoms with van der Waals surface area (Å²) < 4.78 is 40.0. The van der Waals surface area contributed by atoms with E-state index >= 15 is 0 Å². The predicted octanol–water partition coefficient (Wildman–Crippen LogP) is 4.25. The number of nitrogens with zero attached hydrogens (tertiary/aromatic N) is 1. The summed E-state index contributed by atoms with van der Waals surface area (Å²) >= 11 is 5.82. The number of likely N-dealkylation sites (tertiary alicyclic amines) is 1. The maximum Gasteiger partial charge on any atom is 0.253 e. The van der Waals surface area contributed by atoms with Gasteiger partial charge in [-0.1, -0.05) is 11.6 Å². The van der Waals surface area contributed by atoms with Crippen LogP contribution in [0.25, 0.3) is 0 Å². The Morgan fingerprint density at radius 1 is 1.04 bits per heavy atom. The molecular formula is C19H16ClF3N2O2. The van der Waals surface area contributed by atoms with Crippen LogP contribution in [0.3, 0.4) is 0 Å². The number of anilines is 1. The van der Waals surface area contributed by atoms with Crippen molar-refractivity contribution >= 4 is 29.1 Å². The minimum absolute atomic E-state index is 0.151. The van der Waals surface area contributed by atoms with E-state index in [1.807, 2.05) is 0 Å². The van der Waals surface area contributed by atoms with Crippen molar-refractivity contribution in [1.82, 2.24) is 4.90 Å². The van der Waals surface area contributed by atoms with Crippen LogP contribution >= 0.6 is 11.6 Å². The van der Waals surface area contributed by atoms with Gasteiger partial charge < -0.3 is 10.2 Å². The van der Waals surface area contributed by atoms with Crippen molar-refractivity contribution in [2.75, 3.05) is 18.4 Å². The minimum Gasteiger partial charge on any atom is -0.338 e. The van der Waals surface area contributed by atoms with E-state index in [4.69, 9.17) is 11.6 Å². The molecule has 1 aliphatic heterocycles. The molecule has 0 radical (unpaired) electrons. The Kier molecular flexibility index (Phi) is 5.70. The molecule has 1 heterocycles. The third-order valence-corrected chi connectivity index (χ3v) is 4.72. The fourth-order valence-electron chi connectivity index (χ4n) is 3.01. The van der Waals surface area contributed by atoms with Gasteiger partial charge in [-0.05, 0) is 49.2 Å². The smallest absolute Gasteiger partial charge is 0.253 e. The second kappa shape index (κ2) is 8.00. The molecule has 142 valence electrons. The summed E-state index contributed by atoms with van der Waals surface area (Å²) in [4.78, 5) is 26.5. The van der Waals surface area contributed by atoms with Crippen LogP contribution < -0.4 is 5.32 Å². The fourth-order valence-corrected chi connectivity index (χ4v) is 3.13. The number of hydrogen-bond acceptors (Lipinski definition) is 2. The van der Waals surface area contributed by atoms with Crippen LogP contribution in [0.5, 0.6) is 0 Å². The molecule has 2 aromatic rings. The predicted molar refractivity (Wildman–Crippen MR) is 95.0 cm³/mol. The van der Waals surface area contributed by atoms with Crippen LogP contribution in [-0.4, -0.2) is 29.8 Å². The van der Waals surface area contributed by atoms with Crippen molar-refractivity contribution in [3.05, 3.63) is 64.4 Å². The molecule has 0 aromatic heterocycles. The molecule has 1 aliphatic rings. The maximum absolute atomic E-state index is 13.7. The third-order valence-electron chi connectivity index (χ3n) is 4.46. The highest BCUT2D eigenvalue weighted by molar-refractivity contribution is 6.30. The Labute approximate surface area is 158 Å². The zero-order chi connectivity index (χ0) is 19.6. The molecule has 1 fully saturated rings. The molecule has 27 heavy (non-hydrogen) atoms. The van der Waals surface area contributed by atoms with Crippen molar-refractivity contribution in [3.63, 3.8) is 0 Å². The lowest BCUT2D eigenvalue weighted by atomic mass is 9.96. The quantitative estimate of drug-likeness (QED) is 0.788. The highest BCUT2D eigenvalue weighted by Gasteiger charge is 2.29. The van der Waals surface area contributed by atoms with Crippen molar-refractivity contribution in [2.45, 2.75) is 12.8 Å². The summed E-state index contributed by atoms with van der Waals surface area (Å²) in [5, 5.41) is 2.79. The zero-order valence-electron chi connectivity index (χ0n) is 14.1. The van der Waals surface area contributed by atoms with Crippen molar-refractivity contribution in [2.24, 2.45) is 5.92 Å². The monoisotopic (exact) mass is 396 g/mol. The second-order valence-corrected chi connectivity index (χ2v) is 6.75. The zero-order valence-corrected chi connectivity index (χ0v) is 14.9. The van der Waals surface area contributed by atoms with Gasteiger partial charge in [-0.3, -0.25) is 9.59 Å². The van der Waals surface area contributed by atoms with Crippen LogP contribution in [0, 0.1) is 23.4 Å². The Morgan fingerprint density at radius 3 is 2.44 bits per heavy atom. The number of hydrogen-bond donors (Lipinski definition) is 1. The molecule has 3 rings (SSSR count). The van der Waals surface area contributed by atoms with Gasteiger partial charge in [0.05, 0.1) is 11.6 Å². The van der Waals surface area contributed by atoms with E-state index in [-0.39, 0.29) is 12.5 Å². The van der Waals surface area contributed by atoms with Gasteiger partial charge >= 0.3 is 0 Å². The second-order valence-electron chi connectivity index (χ2n) is 6.31. The molecule has 1 saturated heterocycles. The number of carbonyl (C=O) groups excluding carboxylic acids is 2. The fraction of sp³-hybridized carbons (Fsp3) is 0.263. The van der Waals surface area contributed by atoms with E-state index in [0.717, 1.165) is 12.1 Å². The summed E-state index contributed by atoms with van der Waals surface area (Å²) in [5.74, 6) is -5.79. The van der Waals surface area contributed by atoms with Gasteiger partial charge in [-0.2, -0.15) is 0 Å². The third kappa shape index (κ3) is 4.24. The van der Waals surface area contributed by atoms with E-state index in [9.17, 15) is 22.8 Å². The van der Waals surface area contributed by atoms with Crippen LogP contribution in [-0.2, 0) is 4.79 Å². The molecule has 0 aliphatic carbocycles. The van der Waals surface area contributed by atoms with Gasteiger partial charge in [0.1, 0.15) is 0 Å². The molecule has 0 spiro atoms. The summed E-state index contributed by atoms with van der Waals surface area (Å²) in [7, 11) is 0. The topological polar surface area (TPSA) is 49.4 Å². The van der Waals surface area contributed by atoms with Crippen LogP contribution in [0.15, 0.2) is 36.4 Å². The summed E-state index contributed by atoms with van der Waals surface area (Å²) in [6.07, 6.45) is 1.10. The Bertz CT molecular complexity index is 874. The lowest BCUT2D eigenvalue weighted by molar-refractivity contribution is -0.121. The van der Waals surface area contributed by atoms with Crippen LogP contribution in [0.2, 0.25) is 5.02 Å². The SMILES string of the molecule is O=C(Nc1ccc(F)c(F)c1F)C1CCCN(C(=O)c2ccc(Cl)cc2)C1. The molecule has 2 amide bonds. The number of benzene rings is 2. The molecule has 1 atom stereocenters. The first-order valence-electron chi connectivity index (χ1n) is 8.36. The number of halogens is 4. The molecule has 0 saturated carbocycles. The Balaban J connectivity index is 1.68. The van der Waals surface area contributed by atoms with Crippen molar-refractivity contribution in [3.8, 4) is 0 Å². The Hall–Kier alpha value is -2.54. The van der Waals surface area contributed by atoms with Gasteiger partial charge in [0.25, 0.3) is 5.91 Å². The lowest BCUT2D eigenvalue weighted by Gasteiger charge is -2.32. The molecule has 1 N–H and O–H groups in total. The first kappa shape index (κ1) is 19.2. The van der Waals surface area contributed by atoms with Crippen LogP contribution in [0.1, 0.15) is 23.2 Å². The van der Waals surface area contributed by atoms with Gasteiger partial charge in [0, 0.05) is 23.7 Å². The van der Waals surface area contributed by atoms with Crippen LogP contribution in [0.4, 0.5) is 18.9 Å². The van der Waals surface area contributed by atoms with Gasteiger partial charge in [-0.15, -0.1) is 0 Å². The summed E-state index contributed by atoms with van der Waals surface area (Å²) in [5.41, 5.74) is 0.0205. The standard InChI is InChI=1S/C19H16ClF3N2O2/c20-13-5-3-11(4-6-13)19(27)25-9-1-2-12(10-25)18(26)24-15-8-7-14(21)16(22)17(15)23/h3-8,12H,1-2,9-10H2,(H,24,26). The van der Waals surface area contributed by atoms with E-state index in [1.165, 1.54) is 0 Å². The first-order valence-corrected chi connectivity index (χ1v) is 8.74. The molecule has 4 nitrogen and oxygen atoms in total. The largest absolute Gasteiger partial charge is 0.338 e. The molecule has 0 bridgehead atoms. The Morgan fingerprint density at radius 2 is 1.74 bits per heavy atom. The average molecular weight is 397 g/mol. The summed E-state index contributed by atoms with van der Waals surface area (Å²) in [6.45, 7) is 0.642. The maximum atomic E-state index is 13.7. The molecular weight excluding hydrogens is 381 g/mol. The highest BCUT2D eigenvalue weighted by atomic mass is 35.5. The number of nitrogens with one attached hydrogen (secondary N) is 1. The number of amides is 2. The summed E-state index contributed by atoms with van der Waals surface area (Å²) in [6, 6.07) is 8.12. The van der Waals surface area contributed by atoms with E-state index in [2.05, 4.69) is 5.32 Å². The number of rotatable bonds is 3. The van der Waals surface area contributed by atoms with E-state index in [1.54, 1.807) is 29.2 Å².